The summed E-state index contributed by atoms with van der Waals surface area (Å²) in [5.74, 6) is -0.295. The van der Waals surface area contributed by atoms with Crippen molar-refractivity contribution in [3.05, 3.63) is 78.0 Å². The van der Waals surface area contributed by atoms with Crippen LogP contribution in [0.2, 0.25) is 0 Å². The molecular formula is C21H21NO2. The van der Waals surface area contributed by atoms with Crippen LogP contribution >= 0.6 is 0 Å². The number of aromatic nitrogens is 1. The summed E-state index contributed by atoms with van der Waals surface area (Å²) < 4.78 is 7.21. The molecule has 3 heteroatoms. The Balaban J connectivity index is 1.87. The Morgan fingerprint density at radius 3 is 2.67 bits per heavy atom. The van der Waals surface area contributed by atoms with Gasteiger partial charge in [0.05, 0.1) is 6.61 Å². The first-order chi connectivity index (χ1) is 11.7. The van der Waals surface area contributed by atoms with Crippen molar-refractivity contribution in [3.63, 3.8) is 0 Å². The molecule has 0 fully saturated rings. The van der Waals surface area contributed by atoms with Crippen LogP contribution in [-0.4, -0.2) is 17.1 Å². The molecule has 0 aliphatic carbocycles. The molecule has 0 radical (unpaired) electrons. The average molecular weight is 319 g/mol. The molecule has 3 rings (SSSR count). The molecule has 24 heavy (non-hydrogen) atoms. The van der Waals surface area contributed by atoms with Crippen LogP contribution in [0, 0.1) is 0 Å². The standard InChI is InChI=1S/C21H21NO2/c1-3-24-21(23)13-16(2)18-9-10-20-19(14-18)11-12-22(20)15-17-7-5-4-6-8-17/h4-14H,3,15H2,1-2H3/b16-13+. The molecular weight excluding hydrogens is 298 g/mol. The van der Waals surface area contributed by atoms with Gasteiger partial charge in [-0.05, 0) is 48.7 Å². The molecule has 0 aliphatic heterocycles. The summed E-state index contributed by atoms with van der Waals surface area (Å²) >= 11 is 0. The molecule has 0 unspecified atom stereocenters. The molecule has 0 amide bonds. The number of carbonyl (C=O) groups is 1. The van der Waals surface area contributed by atoms with E-state index in [-0.39, 0.29) is 5.97 Å². The number of ether oxygens (including phenoxy) is 1. The van der Waals surface area contributed by atoms with Gasteiger partial charge in [-0.25, -0.2) is 4.79 Å². The topological polar surface area (TPSA) is 31.2 Å². The lowest BCUT2D eigenvalue weighted by molar-refractivity contribution is -0.137. The van der Waals surface area contributed by atoms with Crippen LogP contribution in [0.3, 0.4) is 0 Å². The summed E-state index contributed by atoms with van der Waals surface area (Å²) in [6, 6.07) is 18.8. The fourth-order valence-corrected chi connectivity index (χ4v) is 2.81. The van der Waals surface area contributed by atoms with E-state index in [1.54, 1.807) is 6.08 Å². The monoisotopic (exact) mass is 319 g/mol. The second-order valence-electron chi connectivity index (χ2n) is 5.78. The Kier molecular flexibility index (Phi) is 4.80. The second-order valence-corrected chi connectivity index (χ2v) is 5.78. The zero-order valence-electron chi connectivity index (χ0n) is 14.0. The second kappa shape index (κ2) is 7.18. The van der Waals surface area contributed by atoms with Crippen LogP contribution in [0.1, 0.15) is 25.0 Å². The van der Waals surface area contributed by atoms with Crippen LogP contribution in [-0.2, 0) is 16.1 Å². The third-order valence-electron chi connectivity index (χ3n) is 4.04. The highest BCUT2D eigenvalue weighted by Gasteiger charge is 2.06. The normalized spacial score (nSPS) is 11.7. The van der Waals surface area contributed by atoms with Crippen LogP contribution in [0.15, 0.2) is 66.9 Å². The van der Waals surface area contributed by atoms with Gasteiger partial charge in [0.25, 0.3) is 0 Å². The van der Waals surface area contributed by atoms with Gasteiger partial charge in [0.2, 0.25) is 0 Å². The molecule has 1 heterocycles. The summed E-state index contributed by atoms with van der Waals surface area (Å²) in [6.07, 6.45) is 3.65. The molecule has 0 spiro atoms. The van der Waals surface area contributed by atoms with Crippen LogP contribution in [0.25, 0.3) is 16.5 Å². The van der Waals surface area contributed by atoms with E-state index >= 15 is 0 Å². The van der Waals surface area contributed by atoms with Crippen molar-refractivity contribution in [2.24, 2.45) is 0 Å². The molecule has 0 bridgehead atoms. The Morgan fingerprint density at radius 2 is 1.92 bits per heavy atom. The smallest absolute Gasteiger partial charge is 0.331 e. The summed E-state index contributed by atoms with van der Waals surface area (Å²) in [4.78, 5) is 11.6. The zero-order valence-corrected chi connectivity index (χ0v) is 14.0. The Labute approximate surface area is 142 Å². The number of nitrogens with zero attached hydrogens (tertiary/aromatic N) is 1. The lowest BCUT2D eigenvalue weighted by Crippen LogP contribution is -2.00. The minimum Gasteiger partial charge on any atom is -0.463 e. The zero-order chi connectivity index (χ0) is 16.9. The van der Waals surface area contributed by atoms with E-state index in [9.17, 15) is 4.79 Å². The van der Waals surface area contributed by atoms with E-state index in [1.807, 2.05) is 19.9 Å². The number of rotatable bonds is 5. The van der Waals surface area contributed by atoms with Gasteiger partial charge in [0.1, 0.15) is 0 Å². The van der Waals surface area contributed by atoms with Gasteiger partial charge >= 0.3 is 5.97 Å². The summed E-state index contributed by atoms with van der Waals surface area (Å²) in [7, 11) is 0. The van der Waals surface area contributed by atoms with Crippen LogP contribution < -0.4 is 0 Å². The Morgan fingerprint density at radius 1 is 1.12 bits per heavy atom. The van der Waals surface area contributed by atoms with E-state index in [0.29, 0.717) is 6.61 Å². The first kappa shape index (κ1) is 16.1. The van der Waals surface area contributed by atoms with Gasteiger partial charge < -0.3 is 9.30 Å². The van der Waals surface area contributed by atoms with Crippen LogP contribution in [0.4, 0.5) is 0 Å². The lowest BCUT2D eigenvalue weighted by atomic mass is 10.1. The van der Waals surface area contributed by atoms with Crippen molar-refractivity contribution in [3.8, 4) is 0 Å². The van der Waals surface area contributed by atoms with Crippen molar-refractivity contribution in [1.29, 1.82) is 0 Å². The highest BCUT2D eigenvalue weighted by atomic mass is 16.5. The maximum atomic E-state index is 11.6. The molecule has 1 aromatic heterocycles. The maximum Gasteiger partial charge on any atom is 0.331 e. The predicted molar refractivity (Wildman–Crippen MR) is 97.8 cm³/mol. The quantitative estimate of drug-likeness (QED) is 0.506. The molecule has 0 saturated heterocycles. The van der Waals surface area contributed by atoms with Crippen molar-refractivity contribution < 1.29 is 9.53 Å². The molecule has 0 saturated carbocycles. The van der Waals surface area contributed by atoms with Crippen molar-refractivity contribution >= 4 is 22.4 Å². The van der Waals surface area contributed by atoms with E-state index in [4.69, 9.17) is 4.74 Å². The largest absolute Gasteiger partial charge is 0.463 e. The number of fused-ring (bicyclic) bond motifs is 1. The van der Waals surface area contributed by atoms with Gasteiger partial charge in [-0.15, -0.1) is 0 Å². The number of esters is 1. The number of hydrogen-bond acceptors (Lipinski definition) is 2. The summed E-state index contributed by atoms with van der Waals surface area (Å²) in [5.41, 5.74) is 4.41. The van der Waals surface area contributed by atoms with E-state index in [1.165, 1.54) is 16.5 Å². The highest BCUT2D eigenvalue weighted by molar-refractivity contribution is 5.92. The molecule has 3 aromatic rings. The van der Waals surface area contributed by atoms with Gasteiger partial charge in [0.15, 0.2) is 0 Å². The third-order valence-corrected chi connectivity index (χ3v) is 4.04. The number of hydrogen-bond donors (Lipinski definition) is 0. The Bertz CT molecular complexity index is 875. The minimum absolute atomic E-state index is 0.295. The summed E-state index contributed by atoms with van der Waals surface area (Å²) in [5, 5.41) is 1.17. The van der Waals surface area contributed by atoms with E-state index < -0.39 is 0 Å². The van der Waals surface area contributed by atoms with Gasteiger partial charge in [-0.3, -0.25) is 0 Å². The lowest BCUT2D eigenvalue weighted by Gasteiger charge is -2.07. The van der Waals surface area contributed by atoms with Gasteiger partial charge in [-0.2, -0.15) is 0 Å². The first-order valence-electron chi connectivity index (χ1n) is 8.15. The predicted octanol–water partition coefficient (Wildman–Crippen LogP) is 4.66. The van der Waals surface area contributed by atoms with Crippen molar-refractivity contribution in [2.75, 3.05) is 6.61 Å². The fraction of sp³-hybridized carbons (Fsp3) is 0.190. The Hall–Kier alpha value is -2.81. The first-order valence-corrected chi connectivity index (χ1v) is 8.15. The third kappa shape index (κ3) is 3.57. The molecule has 2 aromatic carbocycles. The van der Waals surface area contributed by atoms with Crippen molar-refractivity contribution in [2.45, 2.75) is 20.4 Å². The van der Waals surface area contributed by atoms with Crippen LogP contribution in [0.5, 0.6) is 0 Å². The summed E-state index contributed by atoms with van der Waals surface area (Å²) in [6.45, 7) is 4.98. The SMILES string of the molecule is CCOC(=O)/C=C(\C)c1ccc2c(ccn2Cc2ccccc2)c1. The van der Waals surface area contributed by atoms with E-state index in [2.05, 4.69) is 59.3 Å². The number of carbonyl (C=O) groups excluding carboxylic acids is 1. The molecule has 3 nitrogen and oxygen atoms in total. The van der Waals surface area contributed by atoms with Crippen molar-refractivity contribution in [1.82, 2.24) is 4.57 Å². The van der Waals surface area contributed by atoms with Gasteiger partial charge in [0, 0.05) is 29.7 Å². The molecule has 0 atom stereocenters. The molecule has 0 aliphatic rings. The van der Waals surface area contributed by atoms with E-state index in [0.717, 1.165) is 17.7 Å². The fourth-order valence-electron chi connectivity index (χ4n) is 2.81. The average Bonchev–Trinajstić information content (AvgIpc) is 2.98. The number of benzene rings is 2. The number of allylic oxidation sites excluding steroid dienone is 1. The van der Waals surface area contributed by atoms with Gasteiger partial charge in [-0.1, -0.05) is 36.4 Å². The molecule has 0 N–H and O–H groups in total. The minimum atomic E-state index is -0.295. The highest BCUT2D eigenvalue weighted by Crippen LogP contribution is 2.23. The molecule has 122 valence electrons. The maximum absolute atomic E-state index is 11.6.